The molecule has 0 aliphatic rings. The lowest BCUT2D eigenvalue weighted by Gasteiger charge is -2.25. The largest absolute Gasteiger partial charge is 0.0973 e. The van der Waals surface area contributed by atoms with Crippen molar-refractivity contribution < 1.29 is 0 Å². The zero-order chi connectivity index (χ0) is 14.3. The fourth-order valence-electron chi connectivity index (χ4n) is 2.79. The second-order valence-corrected chi connectivity index (χ2v) is 8.38. The Kier molecular flexibility index (Phi) is 15.7. The zero-order valence-electron chi connectivity index (χ0n) is 13.7. The molecule has 0 amide bonds. The lowest BCUT2D eigenvalue weighted by Crippen LogP contribution is -2.16. The monoisotopic (exact) mass is 304 g/mol. The van der Waals surface area contributed by atoms with Gasteiger partial charge in [0.05, 0.1) is 0 Å². The van der Waals surface area contributed by atoms with Crippen LogP contribution in [-0.2, 0) is 0 Å². The summed E-state index contributed by atoms with van der Waals surface area (Å²) in [4.78, 5) is 0. The minimum atomic E-state index is 0.887. The maximum absolute atomic E-state index is 2.37. The molecule has 0 bridgehead atoms. The van der Waals surface area contributed by atoms with Crippen molar-refractivity contribution >= 4 is 21.6 Å². The highest BCUT2D eigenvalue weighted by molar-refractivity contribution is 8.76. The molecule has 0 fully saturated rings. The fourth-order valence-corrected chi connectivity index (χ4v) is 5.22. The molecule has 1 atom stereocenters. The molecule has 19 heavy (non-hydrogen) atoms. The van der Waals surface area contributed by atoms with Crippen LogP contribution < -0.4 is 0 Å². The Morgan fingerprint density at radius 3 is 1.63 bits per heavy atom. The first kappa shape index (κ1) is 19.7. The van der Waals surface area contributed by atoms with Crippen molar-refractivity contribution in [3.8, 4) is 0 Å². The van der Waals surface area contributed by atoms with E-state index in [0.29, 0.717) is 0 Å². The van der Waals surface area contributed by atoms with Gasteiger partial charge in [0.1, 0.15) is 0 Å². The van der Waals surface area contributed by atoms with Gasteiger partial charge in [-0.25, -0.2) is 0 Å². The molecule has 0 N–H and O–H groups in total. The molecule has 0 unspecified atom stereocenters. The highest BCUT2D eigenvalue weighted by Crippen LogP contribution is 2.36. The molecule has 0 saturated heterocycles. The van der Waals surface area contributed by atoms with Gasteiger partial charge in [0.15, 0.2) is 0 Å². The molecule has 0 aromatic rings. The highest BCUT2D eigenvalue weighted by Gasteiger charge is 2.19. The van der Waals surface area contributed by atoms with E-state index < -0.39 is 0 Å². The van der Waals surface area contributed by atoms with Crippen molar-refractivity contribution in [2.45, 2.75) is 96.7 Å². The lowest BCUT2D eigenvalue weighted by molar-refractivity contribution is 0.390. The van der Waals surface area contributed by atoms with Gasteiger partial charge < -0.3 is 0 Å². The number of unbranched alkanes of at least 4 members (excludes halogenated alkanes) is 6. The normalized spacial score (nSPS) is 13.1. The van der Waals surface area contributed by atoms with Crippen LogP contribution in [0.3, 0.4) is 0 Å². The predicted molar refractivity (Wildman–Crippen MR) is 96.2 cm³/mol. The fraction of sp³-hybridized carbons (Fsp3) is 1.00. The smallest absolute Gasteiger partial charge is 0.0177 e. The van der Waals surface area contributed by atoms with Gasteiger partial charge >= 0.3 is 0 Å². The standard InChI is InChI=1S/C17H36S2/c1-5-8-10-12-14-16(15-13-11-9-6-2)17(7-3)19-18-4/h16-17H,5-15H2,1-4H3/t17-/m1/s1. The van der Waals surface area contributed by atoms with Crippen molar-refractivity contribution in [2.24, 2.45) is 5.92 Å². The van der Waals surface area contributed by atoms with Crippen LogP contribution in [0.1, 0.15) is 91.4 Å². The molecule has 116 valence electrons. The SMILES string of the molecule is CCCCCCC(CCCCCC)[C@@H](CC)SSC. The molecule has 0 spiro atoms. The van der Waals surface area contributed by atoms with Crippen LogP contribution in [0.5, 0.6) is 0 Å². The van der Waals surface area contributed by atoms with Crippen LogP contribution in [0.2, 0.25) is 0 Å². The van der Waals surface area contributed by atoms with E-state index in [1.165, 1.54) is 70.6 Å². The molecular formula is C17H36S2. The van der Waals surface area contributed by atoms with Crippen molar-refractivity contribution in [3.63, 3.8) is 0 Å². The third-order valence-corrected chi connectivity index (χ3v) is 6.48. The molecule has 0 heterocycles. The van der Waals surface area contributed by atoms with Crippen LogP contribution in [0.4, 0.5) is 0 Å². The molecule has 0 rings (SSSR count). The second-order valence-electron chi connectivity index (χ2n) is 5.67. The maximum atomic E-state index is 2.37. The van der Waals surface area contributed by atoms with Gasteiger partial charge in [0.2, 0.25) is 0 Å². The molecule has 0 aliphatic carbocycles. The minimum Gasteiger partial charge on any atom is -0.0973 e. The van der Waals surface area contributed by atoms with E-state index in [1.807, 2.05) is 10.8 Å². The predicted octanol–water partition coefficient (Wildman–Crippen LogP) is 7.33. The summed E-state index contributed by atoms with van der Waals surface area (Å²) in [5.74, 6) is 0.969. The van der Waals surface area contributed by atoms with Crippen molar-refractivity contribution in [1.82, 2.24) is 0 Å². The molecule has 0 radical (unpaired) electrons. The number of rotatable bonds is 14. The van der Waals surface area contributed by atoms with Crippen molar-refractivity contribution in [1.29, 1.82) is 0 Å². The van der Waals surface area contributed by atoms with E-state index in [-0.39, 0.29) is 0 Å². The summed E-state index contributed by atoms with van der Waals surface area (Å²) in [6, 6.07) is 0. The third-order valence-electron chi connectivity index (χ3n) is 4.00. The zero-order valence-corrected chi connectivity index (χ0v) is 15.4. The first-order chi connectivity index (χ1) is 9.29. The van der Waals surface area contributed by atoms with E-state index in [4.69, 9.17) is 0 Å². The van der Waals surface area contributed by atoms with Gasteiger partial charge in [-0.15, -0.1) is 0 Å². The van der Waals surface area contributed by atoms with E-state index in [9.17, 15) is 0 Å². The molecule has 0 aromatic heterocycles. The minimum absolute atomic E-state index is 0.887. The first-order valence-corrected chi connectivity index (χ1v) is 11.1. The van der Waals surface area contributed by atoms with Crippen LogP contribution in [0.25, 0.3) is 0 Å². The third kappa shape index (κ3) is 11.1. The Balaban J connectivity index is 4.03. The van der Waals surface area contributed by atoms with Gasteiger partial charge in [-0.1, -0.05) is 93.7 Å². The maximum Gasteiger partial charge on any atom is 0.0177 e. The van der Waals surface area contributed by atoms with E-state index in [1.54, 1.807) is 0 Å². The topological polar surface area (TPSA) is 0 Å². The van der Waals surface area contributed by atoms with Gasteiger partial charge in [0, 0.05) is 5.25 Å². The van der Waals surface area contributed by atoms with Gasteiger partial charge in [0.25, 0.3) is 0 Å². The Bertz CT molecular complexity index is 159. The lowest BCUT2D eigenvalue weighted by atomic mass is 9.90. The summed E-state index contributed by atoms with van der Waals surface area (Å²) in [6.07, 6.45) is 17.9. The summed E-state index contributed by atoms with van der Waals surface area (Å²) in [5, 5.41) is 0.887. The average Bonchev–Trinajstić information content (AvgIpc) is 2.43. The van der Waals surface area contributed by atoms with Crippen LogP contribution in [0, 0.1) is 5.92 Å². The number of hydrogen-bond acceptors (Lipinski definition) is 2. The second kappa shape index (κ2) is 15.1. The average molecular weight is 305 g/mol. The Labute approximate surface area is 130 Å². The Morgan fingerprint density at radius 2 is 1.26 bits per heavy atom. The molecule has 2 heteroatoms. The summed E-state index contributed by atoms with van der Waals surface area (Å²) < 4.78 is 0. The molecule has 0 nitrogen and oxygen atoms in total. The van der Waals surface area contributed by atoms with Crippen LogP contribution >= 0.6 is 21.6 Å². The van der Waals surface area contributed by atoms with Crippen LogP contribution in [-0.4, -0.2) is 11.5 Å². The van der Waals surface area contributed by atoms with Crippen LogP contribution in [0.15, 0.2) is 0 Å². The van der Waals surface area contributed by atoms with E-state index in [0.717, 1.165) is 11.2 Å². The first-order valence-electron chi connectivity index (χ1n) is 8.49. The van der Waals surface area contributed by atoms with E-state index >= 15 is 0 Å². The van der Waals surface area contributed by atoms with Gasteiger partial charge in [-0.3, -0.25) is 0 Å². The molecular weight excluding hydrogens is 268 g/mol. The summed E-state index contributed by atoms with van der Waals surface area (Å²) in [5.41, 5.74) is 0. The Hall–Kier alpha value is 0.700. The molecule has 0 aromatic carbocycles. The summed E-state index contributed by atoms with van der Waals surface area (Å²) >= 11 is 0. The van der Waals surface area contributed by atoms with Gasteiger partial charge in [-0.2, -0.15) is 0 Å². The molecule has 0 aliphatic heterocycles. The molecule has 0 saturated carbocycles. The quantitative estimate of drug-likeness (QED) is 0.243. The van der Waals surface area contributed by atoms with Crippen molar-refractivity contribution in [3.05, 3.63) is 0 Å². The van der Waals surface area contributed by atoms with Gasteiger partial charge in [-0.05, 0) is 31.4 Å². The van der Waals surface area contributed by atoms with E-state index in [2.05, 4.69) is 37.8 Å². The highest BCUT2D eigenvalue weighted by atomic mass is 33.1. The summed E-state index contributed by atoms with van der Waals surface area (Å²) in [7, 11) is 4.10. The van der Waals surface area contributed by atoms with Crippen molar-refractivity contribution in [2.75, 3.05) is 6.26 Å². The number of hydrogen-bond donors (Lipinski definition) is 0. The Morgan fingerprint density at radius 1 is 0.737 bits per heavy atom. The summed E-state index contributed by atoms with van der Waals surface area (Å²) in [6.45, 7) is 6.99.